The molecule has 4 nitrogen and oxygen atoms in total. The monoisotopic (exact) mass is 447 g/mol. The quantitative estimate of drug-likeness (QED) is 0.572. The van der Waals surface area contributed by atoms with Crippen molar-refractivity contribution in [3.05, 3.63) is 82.4 Å². The van der Waals surface area contributed by atoms with Gasteiger partial charge in [0.25, 0.3) is 0 Å². The van der Waals surface area contributed by atoms with Gasteiger partial charge >= 0.3 is 12.1 Å². The fourth-order valence-electron chi connectivity index (χ4n) is 3.83. The molecule has 0 amide bonds. The molecule has 1 heterocycles. The molecule has 2 aromatic rings. The minimum absolute atomic E-state index is 0.222. The van der Waals surface area contributed by atoms with Gasteiger partial charge in [-0.25, -0.2) is 4.79 Å². The van der Waals surface area contributed by atoms with Crippen LogP contribution in [0.25, 0.3) is 0 Å². The summed E-state index contributed by atoms with van der Waals surface area (Å²) in [5.74, 6) is -0.351. The van der Waals surface area contributed by atoms with Crippen LogP contribution in [0.5, 0.6) is 0 Å². The molecule has 0 spiro atoms. The van der Waals surface area contributed by atoms with E-state index < -0.39 is 23.4 Å². The van der Waals surface area contributed by atoms with Crippen LogP contribution in [-0.2, 0) is 26.0 Å². The number of carbonyl (C=O) groups is 1. The molecule has 0 aromatic heterocycles. The van der Waals surface area contributed by atoms with Crippen molar-refractivity contribution in [2.24, 2.45) is 0 Å². The SMILES string of the molecule is CCOC(=O)C1=CC[C@@](CO[C@H](C)c2cc(C)cc(C(F)(F)F)c2)(c2ccccc2)NC1. The second-order valence-corrected chi connectivity index (χ2v) is 8.04. The van der Waals surface area contributed by atoms with Crippen molar-refractivity contribution in [1.82, 2.24) is 5.32 Å². The maximum atomic E-state index is 13.2. The van der Waals surface area contributed by atoms with Crippen molar-refractivity contribution >= 4 is 5.97 Å². The first kappa shape index (κ1) is 24.0. The van der Waals surface area contributed by atoms with Crippen LogP contribution in [0, 0.1) is 6.92 Å². The minimum atomic E-state index is -4.41. The summed E-state index contributed by atoms with van der Waals surface area (Å²) in [4.78, 5) is 12.1. The fourth-order valence-corrected chi connectivity index (χ4v) is 3.83. The van der Waals surface area contributed by atoms with E-state index in [4.69, 9.17) is 9.47 Å². The van der Waals surface area contributed by atoms with E-state index in [1.165, 1.54) is 0 Å². The number of halogens is 3. The van der Waals surface area contributed by atoms with Gasteiger partial charge in [-0.3, -0.25) is 0 Å². The van der Waals surface area contributed by atoms with E-state index in [1.54, 1.807) is 26.8 Å². The molecule has 7 heteroatoms. The van der Waals surface area contributed by atoms with Crippen LogP contribution in [0.2, 0.25) is 0 Å². The molecule has 0 radical (unpaired) electrons. The Morgan fingerprint density at radius 1 is 1.19 bits per heavy atom. The average Bonchev–Trinajstić information content (AvgIpc) is 2.77. The Hall–Kier alpha value is -2.64. The summed E-state index contributed by atoms with van der Waals surface area (Å²) >= 11 is 0. The molecule has 0 saturated heterocycles. The van der Waals surface area contributed by atoms with Gasteiger partial charge < -0.3 is 14.8 Å². The van der Waals surface area contributed by atoms with Gasteiger partial charge in [-0.2, -0.15) is 13.2 Å². The number of benzene rings is 2. The van der Waals surface area contributed by atoms with Gasteiger partial charge in [0, 0.05) is 12.1 Å². The van der Waals surface area contributed by atoms with Crippen molar-refractivity contribution in [2.75, 3.05) is 19.8 Å². The lowest BCUT2D eigenvalue weighted by Gasteiger charge is -2.38. The Bertz CT molecular complexity index is 972. The largest absolute Gasteiger partial charge is 0.463 e. The molecule has 0 aliphatic carbocycles. The molecule has 1 N–H and O–H groups in total. The lowest BCUT2D eigenvalue weighted by Crippen LogP contribution is -2.50. The zero-order valence-electron chi connectivity index (χ0n) is 18.5. The van der Waals surface area contributed by atoms with Gasteiger partial charge in [0.05, 0.1) is 30.4 Å². The van der Waals surface area contributed by atoms with Crippen molar-refractivity contribution in [3.8, 4) is 0 Å². The third kappa shape index (κ3) is 5.58. The number of esters is 1. The second-order valence-electron chi connectivity index (χ2n) is 8.04. The average molecular weight is 447 g/mol. The van der Waals surface area contributed by atoms with Crippen LogP contribution in [0.3, 0.4) is 0 Å². The van der Waals surface area contributed by atoms with E-state index in [0.717, 1.165) is 17.7 Å². The number of ether oxygens (including phenoxy) is 2. The van der Waals surface area contributed by atoms with Crippen LogP contribution >= 0.6 is 0 Å². The Labute approximate surface area is 186 Å². The van der Waals surface area contributed by atoms with Crippen molar-refractivity contribution in [1.29, 1.82) is 0 Å². The molecule has 2 aromatic carbocycles. The molecule has 32 heavy (non-hydrogen) atoms. The standard InChI is InChI=1S/C25H28F3NO3/c1-4-31-23(30)19-10-11-24(29-15-19,21-8-6-5-7-9-21)16-32-18(3)20-12-17(2)13-22(14-20)25(26,27)28/h5-10,12-14,18,29H,4,11,15-16H2,1-3H3/t18-,24-/m1/s1. The third-order valence-corrected chi connectivity index (χ3v) is 5.65. The first-order valence-electron chi connectivity index (χ1n) is 10.6. The van der Waals surface area contributed by atoms with Crippen molar-refractivity contribution < 1.29 is 27.4 Å². The lowest BCUT2D eigenvalue weighted by atomic mass is 9.84. The highest BCUT2D eigenvalue weighted by molar-refractivity contribution is 5.89. The topological polar surface area (TPSA) is 47.6 Å². The van der Waals surface area contributed by atoms with Crippen LogP contribution in [0.1, 0.15) is 48.6 Å². The molecule has 1 aliphatic heterocycles. The molecule has 0 saturated carbocycles. The van der Waals surface area contributed by atoms with Crippen LogP contribution in [-0.4, -0.2) is 25.7 Å². The zero-order chi connectivity index (χ0) is 23.4. The molecular formula is C25H28F3NO3. The molecule has 0 bridgehead atoms. The summed E-state index contributed by atoms with van der Waals surface area (Å²) < 4.78 is 50.9. The highest BCUT2D eigenvalue weighted by Gasteiger charge is 2.36. The summed E-state index contributed by atoms with van der Waals surface area (Å²) in [6, 6.07) is 13.7. The van der Waals surface area contributed by atoms with Gasteiger partial charge in [-0.15, -0.1) is 0 Å². The first-order valence-corrected chi connectivity index (χ1v) is 10.6. The van der Waals surface area contributed by atoms with Crippen LogP contribution in [0.4, 0.5) is 13.2 Å². The van der Waals surface area contributed by atoms with Crippen molar-refractivity contribution in [2.45, 2.75) is 45.0 Å². The summed E-state index contributed by atoms with van der Waals surface area (Å²) in [6.07, 6.45) is -2.62. The number of alkyl halides is 3. The number of carbonyl (C=O) groups excluding carboxylic acids is 1. The molecule has 0 fully saturated rings. The maximum absolute atomic E-state index is 13.2. The predicted molar refractivity (Wildman–Crippen MR) is 116 cm³/mol. The zero-order valence-corrected chi connectivity index (χ0v) is 18.5. The summed E-state index contributed by atoms with van der Waals surface area (Å²) in [5.41, 5.74) is 1.24. The molecular weight excluding hydrogens is 419 g/mol. The Balaban J connectivity index is 1.82. The minimum Gasteiger partial charge on any atom is -0.463 e. The predicted octanol–water partition coefficient (Wildman–Crippen LogP) is 5.47. The molecule has 2 atom stereocenters. The number of aryl methyl sites for hydroxylation is 1. The van der Waals surface area contributed by atoms with Gasteiger partial charge in [0.2, 0.25) is 0 Å². The molecule has 172 valence electrons. The Morgan fingerprint density at radius 2 is 1.91 bits per heavy atom. The highest BCUT2D eigenvalue weighted by Crippen LogP contribution is 2.35. The Kier molecular flexibility index (Phi) is 7.41. The van der Waals surface area contributed by atoms with E-state index in [1.807, 2.05) is 36.4 Å². The second kappa shape index (κ2) is 9.88. The fraction of sp³-hybridized carbons (Fsp3) is 0.400. The van der Waals surface area contributed by atoms with Gasteiger partial charge in [-0.1, -0.05) is 48.0 Å². The lowest BCUT2D eigenvalue weighted by molar-refractivity contribution is -0.139. The first-order chi connectivity index (χ1) is 15.1. The summed E-state index contributed by atoms with van der Waals surface area (Å²) in [7, 11) is 0. The number of nitrogens with one attached hydrogen (secondary N) is 1. The van der Waals surface area contributed by atoms with Crippen molar-refractivity contribution in [3.63, 3.8) is 0 Å². The molecule has 3 rings (SSSR count). The normalized spacial score (nSPS) is 19.9. The van der Waals surface area contributed by atoms with Crippen LogP contribution in [0.15, 0.2) is 60.2 Å². The number of rotatable bonds is 7. The highest BCUT2D eigenvalue weighted by atomic mass is 19.4. The van der Waals surface area contributed by atoms with Gasteiger partial charge in [0.1, 0.15) is 0 Å². The van der Waals surface area contributed by atoms with E-state index in [0.29, 0.717) is 36.3 Å². The maximum Gasteiger partial charge on any atom is 0.416 e. The van der Waals surface area contributed by atoms with Crippen LogP contribution < -0.4 is 5.32 Å². The van der Waals surface area contributed by atoms with E-state index in [2.05, 4.69) is 5.32 Å². The Morgan fingerprint density at radius 3 is 2.50 bits per heavy atom. The number of hydrogen-bond donors (Lipinski definition) is 1. The van der Waals surface area contributed by atoms with E-state index >= 15 is 0 Å². The van der Waals surface area contributed by atoms with E-state index in [-0.39, 0.29) is 12.6 Å². The van der Waals surface area contributed by atoms with E-state index in [9.17, 15) is 18.0 Å². The number of hydrogen-bond acceptors (Lipinski definition) is 4. The van der Waals surface area contributed by atoms with Gasteiger partial charge in [-0.05, 0) is 50.5 Å². The smallest absolute Gasteiger partial charge is 0.416 e. The molecule has 0 unspecified atom stereocenters. The summed E-state index contributed by atoms with van der Waals surface area (Å²) in [6.45, 7) is 5.98. The third-order valence-electron chi connectivity index (χ3n) is 5.65. The molecule has 1 aliphatic rings. The summed E-state index contributed by atoms with van der Waals surface area (Å²) in [5, 5.41) is 3.42. The van der Waals surface area contributed by atoms with Gasteiger partial charge in [0.15, 0.2) is 0 Å².